The molecule has 1 fully saturated rings. The molecule has 0 radical (unpaired) electrons. The second-order valence-corrected chi connectivity index (χ2v) is 7.33. The van der Waals surface area contributed by atoms with Crippen LogP contribution in [0.25, 0.3) is 10.9 Å². The number of hydrogen-bond donors (Lipinski definition) is 3. The molecule has 4 rings (SSSR count). The predicted octanol–water partition coefficient (Wildman–Crippen LogP) is 3.83. The Morgan fingerprint density at radius 2 is 2.03 bits per heavy atom. The average molecular weight is 522 g/mol. The van der Waals surface area contributed by atoms with Gasteiger partial charge >= 0.3 is 0 Å². The number of halogens is 2. The van der Waals surface area contributed by atoms with Crippen LogP contribution in [0.2, 0.25) is 0 Å². The van der Waals surface area contributed by atoms with Gasteiger partial charge in [0.25, 0.3) is 0 Å². The molecule has 0 amide bonds. The van der Waals surface area contributed by atoms with Crippen LogP contribution < -0.4 is 15.5 Å². The molecule has 8 heteroatoms. The van der Waals surface area contributed by atoms with Crippen LogP contribution in [0.5, 0.6) is 0 Å². The van der Waals surface area contributed by atoms with Gasteiger partial charge in [-0.2, -0.15) is 0 Å². The topological polar surface area (TPSA) is 68.3 Å². The van der Waals surface area contributed by atoms with E-state index in [-0.39, 0.29) is 29.8 Å². The zero-order chi connectivity index (χ0) is 20.1. The molecule has 2 aromatic heterocycles. The third-order valence-electron chi connectivity index (χ3n) is 5.34. The summed E-state index contributed by atoms with van der Waals surface area (Å²) in [7, 11) is 1.76. The van der Waals surface area contributed by atoms with Crippen molar-refractivity contribution < 1.29 is 4.39 Å². The Morgan fingerprint density at radius 3 is 2.77 bits per heavy atom. The van der Waals surface area contributed by atoms with E-state index in [2.05, 4.69) is 42.6 Å². The van der Waals surface area contributed by atoms with Crippen LogP contribution >= 0.6 is 24.0 Å². The van der Waals surface area contributed by atoms with Crippen molar-refractivity contribution in [2.45, 2.75) is 25.8 Å². The van der Waals surface area contributed by atoms with E-state index in [0.29, 0.717) is 6.54 Å². The van der Waals surface area contributed by atoms with Gasteiger partial charge in [-0.25, -0.2) is 9.37 Å². The number of aliphatic imine (C=N–C) groups is 1. The molecule has 1 aliphatic heterocycles. The van der Waals surface area contributed by atoms with Crippen molar-refractivity contribution in [1.82, 2.24) is 20.6 Å². The zero-order valence-electron chi connectivity index (χ0n) is 17.1. The van der Waals surface area contributed by atoms with E-state index >= 15 is 0 Å². The molecular weight excluding hydrogens is 494 g/mol. The molecular formula is C22H28FIN6. The number of aromatic amines is 1. The number of nitrogens with one attached hydrogen (secondary N) is 3. The quantitative estimate of drug-likeness (QED) is 0.262. The fraction of sp³-hybridized carbons (Fsp3) is 0.364. The van der Waals surface area contributed by atoms with E-state index in [9.17, 15) is 4.39 Å². The minimum Gasteiger partial charge on any atom is -0.361 e. The normalized spacial score (nSPS) is 14.1. The lowest BCUT2D eigenvalue weighted by molar-refractivity contribution is 0.629. The van der Waals surface area contributed by atoms with Crippen molar-refractivity contribution in [2.24, 2.45) is 4.99 Å². The van der Waals surface area contributed by atoms with Crippen LogP contribution in [0, 0.1) is 5.82 Å². The Morgan fingerprint density at radius 1 is 1.20 bits per heavy atom. The maximum absolute atomic E-state index is 13.3. The number of aromatic nitrogens is 2. The molecule has 1 aromatic carbocycles. The molecule has 0 bridgehead atoms. The first-order chi connectivity index (χ1) is 14.2. The zero-order valence-corrected chi connectivity index (χ0v) is 19.4. The highest BCUT2D eigenvalue weighted by Gasteiger charge is 2.13. The number of nitrogens with zero attached hydrogens (tertiary/aromatic N) is 3. The summed E-state index contributed by atoms with van der Waals surface area (Å²) in [6.07, 6.45) is 7.19. The molecule has 0 saturated carbocycles. The Labute approximate surface area is 193 Å². The lowest BCUT2D eigenvalue weighted by Gasteiger charge is -2.16. The lowest BCUT2D eigenvalue weighted by atomic mass is 10.1. The summed E-state index contributed by atoms with van der Waals surface area (Å²) in [4.78, 5) is 14.3. The molecule has 0 unspecified atom stereocenters. The van der Waals surface area contributed by atoms with Gasteiger partial charge in [0.1, 0.15) is 11.6 Å². The molecule has 160 valence electrons. The molecule has 0 atom stereocenters. The van der Waals surface area contributed by atoms with Gasteiger partial charge in [0.2, 0.25) is 0 Å². The predicted molar refractivity (Wildman–Crippen MR) is 131 cm³/mol. The van der Waals surface area contributed by atoms with Gasteiger partial charge in [-0.15, -0.1) is 24.0 Å². The van der Waals surface area contributed by atoms with Gasteiger partial charge in [0.15, 0.2) is 5.96 Å². The Kier molecular flexibility index (Phi) is 7.89. The number of hydrogen-bond acceptors (Lipinski definition) is 3. The van der Waals surface area contributed by atoms with Crippen molar-refractivity contribution in [3.63, 3.8) is 0 Å². The second kappa shape index (κ2) is 10.6. The molecule has 3 heterocycles. The van der Waals surface area contributed by atoms with Crippen LogP contribution in [0.1, 0.15) is 24.0 Å². The van der Waals surface area contributed by atoms with Gasteiger partial charge in [0, 0.05) is 56.5 Å². The van der Waals surface area contributed by atoms with Gasteiger partial charge in [-0.05, 0) is 54.7 Å². The monoisotopic (exact) mass is 522 g/mol. The summed E-state index contributed by atoms with van der Waals surface area (Å²) in [5.74, 6) is 1.59. The third-order valence-corrected chi connectivity index (χ3v) is 5.34. The highest BCUT2D eigenvalue weighted by molar-refractivity contribution is 14.0. The van der Waals surface area contributed by atoms with E-state index in [4.69, 9.17) is 0 Å². The first kappa shape index (κ1) is 22.3. The summed E-state index contributed by atoms with van der Waals surface area (Å²) < 4.78 is 13.3. The summed E-state index contributed by atoms with van der Waals surface area (Å²) in [6, 6.07) is 9.05. The Hall–Kier alpha value is -2.36. The molecule has 1 saturated heterocycles. The number of fused-ring (bicyclic) bond motifs is 1. The van der Waals surface area contributed by atoms with Gasteiger partial charge in [0.05, 0.1) is 0 Å². The number of benzene rings is 1. The van der Waals surface area contributed by atoms with Crippen LogP contribution in [0.4, 0.5) is 10.2 Å². The minimum absolute atomic E-state index is 0. The minimum atomic E-state index is -0.225. The average Bonchev–Trinajstić information content (AvgIpc) is 3.41. The lowest BCUT2D eigenvalue weighted by Crippen LogP contribution is -2.37. The second-order valence-electron chi connectivity index (χ2n) is 7.33. The van der Waals surface area contributed by atoms with Crippen molar-refractivity contribution in [1.29, 1.82) is 0 Å². The van der Waals surface area contributed by atoms with E-state index in [1.165, 1.54) is 25.0 Å². The van der Waals surface area contributed by atoms with Crippen LogP contribution in [-0.4, -0.2) is 42.6 Å². The molecule has 6 nitrogen and oxygen atoms in total. The number of H-pyrrole nitrogens is 1. The van der Waals surface area contributed by atoms with Crippen molar-refractivity contribution in [2.75, 3.05) is 31.6 Å². The number of rotatable bonds is 6. The maximum Gasteiger partial charge on any atom is 0.191 e. The van der Waals surface area contributed by atoms with Crippen LogP contribution in [-0.2, 0) is 13.0 Å². The third kappa shape index (κ3) is 5.41. The van der Waals surface area contributed by atoms with E-state index in [1.807, 2.05) is 18.5 Å². The highest BCUT2D eigenvalue weighted by atomic mass is 127. The molecule has 3 N–H and O–H groups in total. The van der Waals surface area contributed by atoms with Crippen molar-refractivity contribution in [3.8, 4) is 0 Å². The van der Waals surface area contributed by atoms with Crippen LogP contribution in [0.3, 0.4) is 0 Å². The summed E-state index contributed by atoms with van der Waals surface area (Å²) in [6.45, 7) is 3.61. The maximum atomic E-state index is 13.3. The molecule has 0 aliphatic carbocycles. The van der Waals surface area contributed by atoms with E-state index in [1.54, 1.807) is 7.05 Å². The number of anilines is 1. The Balaban J connectivity index is 0.00000256. The highest BCUT2D eigenvalue weighted by Crippen LogP contribution is 2.19. The van der Waals surface area contributed by atoms with Crippen molar-refractivity contribution >= 4 is 46.7 Å². The summed E-state index contributed by atoms with van der Waals surface area (Å²) >= 11 is 0. The fourth-order valence-corrected chi connectivity index (χ4v) is 3.74. The summed E-state index contributed by atoms with van der Waals surface area (Å²) in [5, 5.41) is 7.72. The number of guanidine groups is 1. The molecule has 1 aliphatic rings. The smallest absolute Gasteiger partial charge is 0.191 e. The van der Waals surface area contributed by atoms with Crippen LogP contribution in [0.15, 0.2) is 47.7 Å². The van der Waals surface area contributed by atoms with E-state index < -0.39 is 0 Å². The largest absolute Gasteiger partial charge is 0.361 e. The first-order valence-corrected chi connectivity index (χ1v) is 10.1. The van der Waals surface area contributed by atoms with Crippen molar-refractivity contribution in [3.05, 3.63) is 59.7 Å². The van der Waals surface area contributed by atoms with Gasteiger partial charge in [-0.3, -0.25) is 4.99 Å². The fourth-order valence-electron chi connectivity index (χ4n) is 3.74. The van der Waals surface area contributed by atoms with Gasteiger partial charge < -0.3 is 20.5 Å². The standard InChI is InChI=1S/C22H27FN6.HI/c1-24-22(25-9-8-17-15-26-20-12-18(23)5-6-19(17)20)28-14-16-4-7-21(27-13-16)29-10-2-3-11-29;/h4-7,12-13,15,26H,2-3,8-11,14H2,1H3,(H2,24,25,28);1H. The molecule has 3 aromatic rings. The SMILES string of the molecule is CN=C(NCCc1c[nH]c2cc(F)ccc12)NCc1ccc(N2CCCC2)nc1.I. The molecule has 0 spiro atoms. The molecule has 30 heavy (non-hydrogen) atoms. The van der Waals surface area contributed by atoms with E-state index in [0.717, 1.165) is 59.9 Å². The Bertz CT molecular complexity index is 979. The number of pyridine rings is 1. The first-order valence-electron chi connectivity index (χ1n) is 10.1. The summed E-state index contributed by atoms with van der Waals surface area (Å²) in [5.41, 5.74) is 3.10. The van der Waals surface area contributed by atoms with Gasteiger partial charge in [-0.1, -0.05) is 6.07 Å².